The second-order valence-corrected chi connectivity index (χ2v) is 8.25. The molecule has 3 atom stereocenters. The van der Waals surface area contributed by atoms with Crippen LogP contribution in [0, 0.1) is 5.92 Å². The molecule has 0 aliphatic rings. The van der Waals surface area contributed by atoms with Crippen LogP contribution in [0.25, 0.3) is 0 Å². The smallest absolute Gasteiger partial charge is 0.337 e. The summed E-state index contributed by atoms with van der Waals surface area (Å²) in [6, 6.07) is 8.91. The lowest BCUT2D eigenvalue weighted by Crippen LogP contribution is -2.40. The summed E-state index contributed by atoms with van der Waals surface area (Å²) >= 11 is 2.96. The summed E-state index contributed by atoms with van der Waals surface area (Å²) in [4.78, 5) is 23.9. The third-order valence-corrected chi connectivity index (χ3v) is 4.69. The van der Waals surface area contributed by atoms with Gasteiger partial charge in [-0.15, -0.1) is 0 Å². The first kappa shape index (κ1) is 19.8. The van der Waals surface area contributed by atoms with E-state index in [4.69, 9.17) is 15.2 Å². The van der Waals surface area contributed by atoms with Gasteiger partial charge in [0.25, 0.3) is 0 Å². The van der Waals surface area contributed by atoms with Crippen molar-refractivity contribution in [3.8, 4) is 0 Å². The van der Waals surface area contributed by atoms with E-state index in [1.807, 2.05) is 6.07 Å². The second-order valence-electron chi connectivity index (χ2n) is 5.11. The van der Waals surface area contributed by atoms with E-state index < -0.39 is 33.1 Å². The van der Waals surface area contributed by atoms with Crippen molar-refractivity contribution < 1.29 is 23.3 Å². The Labute approximate surface area is 146 Å². The molecule has 8 heteroatoms. The fourth-order valence-corrected chi connectivity index (χ4v) is 2.88. The van der Waals surface area contributed by atoms with Crippen molar-refractivity contribution in [2.75, 3.05) is 19.0 Å². The number of hydrogen-bond donors (Lipinski definition) is 1. The van der Waals surface area contributed by atoms with E-state index in [0.717, 1.165) is 0 Å². The summed E-state index contributed by atoms with van der Waals surface area (Å²) in [5.41, 5.74) is 5.48. The van der Waals surface area contributed by atoms with Crippen LogP contribution in [-0.2, 0) is 29.9 Å². The molecule has 0 spiro atoms. The second kappa shape index (κ2) is 9.14. The molecule has 1 aromatic rings. The molecule has 0 heterocycles. The lowest BCUT2D eigenvalue weighted by Gasteiger charge is -2.15. The van der Waals surface area contributed by atoms with Crippen LogP contribution < -0.4 is 5.73 Å². The predicted molar refractivity (Wildman–Crippen MR) is 90.3 cm³/mol. The summed E-state index contributed by atoms with van der Waals surface area (Å²) in [5, 5.41) is 0. The largest absolute Gasteiger partial charge is 0.462 e. The molecule has 0 aliphatic carbocycles. The number of alkyl halides is 1. The van der Waals surface area contributed by atoms with Crippen molar-refractivity contribution in [2.45, 2.75) is 23.2 Å². The number of esters is 2. The van der Waals surface area contributed by atoms with Gasteiger partial charge in [0, 0.05) is 10.6 Å². The zero-order valence-corrected chi connectivity index (χ0v) is 15.4. The molecule has 23 heavy (non-hydrogen) atoms. The highest BCUT2D eigenvalue weighted by molar-refractivity contribution is 9.10. The fraction of sp³-hybridized carbons (Fsp3) is 0.467. The Morgan fingerprint density at radius 3 is 2.39 bits per heavy atom. The summed E-state index contributed by atoms with van der Waals surface area (Å²) in [6.45, 7) is 2.93. The number of rotatable bonds is 8. The predicted octanol–water partition coefficient (Wildman–Crippen LogP) is 1.59. The van der Waals surface area contributed by atoms with Crippen molar-refractivity contribution in [3.63, 3.8) is 0 Å². The van der Waals surface area contributed by atoms with Crippen LogP contribution in [0.4, 0.5) is 0 Å². The highest BCUT2D eigenvalue weighted by atomic mass is 79.9. The van der Waals surface area contributed by atoms with Crippen LogP contribution in [0.15, 0.2) is 35.2 Å². The van der Waals surface area contributed by atoms with Gasteiger partial charge in [-0.2, -0.15) is 0 Å². The van der Waals surface area contributed by atoms with E-state index in [1.54, 1.807) is 31.2 Å². The van der Waals surface area contributed by atoms with Crippen molar-refractivity contribution in [3.05, 3.63) is 30.3 Å². The minimum absolute atomic E-state index is 0.0734. The van der Waals surface area contributed by atoms with Gasteiger partial charge in [-0.1, -0.05) is 41.1 Å². The Hall–Kier alpha value is -1.25. The number of carbonyl (C=O) groups excluding carboxylic acids is 2. The van der Waals surface area contributed by atoms with E-state index in [-0.39, 0.29) is 19.0 Å². The van der Waals surface area contributed by atoms with Gasteiger partial charge in [0.1, 0.15) is 13.2 Å². The van der Waals surface area contributed by atoms with Crippen LogP contribution in [0.3, 0.4) is 0 Å². The zero-order valence-electron chi connectivity index (χ0n) is 13.0. The molecular weight excluding hydrogens is 386 g/mol. The minimum atomic E-state index is -1.27. The number of carbonyl (C=O) groups is 2. The molecule has 0 saturated carbocycles. The molecule has 1 rings (SSSR count). The van der Waals surface area contributed by atoms with E-state index in [0.29, 0.717) is 4.90 Å². The summed E-state index contributed by atoms with van der Waals surface area (Å²) in [7, 11) is -1.27. The first-order valence-corrected chi connectivity index (χ1v) is 9.08. The van der Waals surface area contributed by atoms with Crippen LogP contribution in [0.2, 0.25) is 0 Å². The van der Waals surface area contributed by atoms with Crippen LogP contribution in [0.5, 0.6) is 0 Å². The standard InChI is InChI=1S/C15H20BrNO5S/c1-11(10-23(20)12-6-4-3-5-7-12)13(18)21-8-9-22-14(19)15(2,16)17/h3-7,11H,8-10,17H2,1-2H3. The molecular formula is C15H20BrNO5S. The maximum absolute atomic E-state index is 12.1. The summed E-state index contributed by atoms with van der Waals surface area (Å²) < 4.78 is 20.7. The van der Waals surface area contributed by atoms with Gasteiger partial charge >= 0.3 is 11.9 Å². The Kier molecular flexibility index (Phi) is 7.87. The number of nitrogens with two attached hydrogens (primary N) is 1. The fourth-order valence-electron chi connectivity index (χ4n) is 1.52. The Balaban J connectivity index is 2.32. The van der Waals surface area contributed by atoms with Gasteiger partial charge in [-0.3, -0.25) is 9.00 Å². The molecule has 0 radical (unpaired) electrons. The molecule has 0 aromatic heterocycles. The van der Waals surface area contributed by atoms with Crippen molar-refractivity contribution >= 4 is 38.7 Å². The molecule has 0 aliphatic heterocycles. The van der Waals surface area contributed by atoms with E-state index in [9.17, 15) is 13.8 Å². The van der Waals surface area contributed by atoms with E-state index in [2.05, 4.69) is 15.9 Å². The van der Waals surface area contributed by atoms with Crippen LogP contribution >= 0.6 is 15.9 Å². The van der Waals surface area contributed by atoms with Gasteiger partial charge in [-0.05, 0) is 19.1 Å². The monoisotopic (exact) mass is 405 g/mol. The number of halogens is 1. The summed E-state index contributed by atoms with van der Waals surface area (Å²) in [5.74, 6) is -1.49. The molecule has 1 aromatic carbocycles. The van der Waals surface area contributed by atoms with Crippen LogP contribution in [0.1, 0.15) is 13.8 Å². The molecule has 128 valence electrons. The Morgan fingerprint density at radius 1 is 1.26 bits per heavy atom. The number of benzene rings is 1. The van der Waals surface area contributed by atoms with Crippen molar-refractivity contribution in [1.29, 1.82) is 0 Å². The molecule has 0 saturated heterocycles. The maximum Gasteiger partial charge on any atom is 0.337 e. The molecule has 6 nitrogen and oxygen atoms in total. The lowest BCUT2D eigenvalue weighted by atomic mass is 10.2. The van der Waals surface area contributed by atoms with Gasteiger partial charge in [0.05, 0.1) is 16.7 Å². The van der Waals surface area contributed by atoms with Crippen molar-refractivity contribution in [1.82, 2.24) is 0 Å². The number of ether oxygens (including phenoxy) is 2. The topological polar surface area (TPSA) is 95.7 Å². The zero-order chi connectivity index (χ0) is 17.5. The first-order chi connectivity index (χ1) is 10.7. The van der Waals surface area contributed by atoms with E-state index in [1.165, 1.54) is 6.92 Å². The maximum atomic E-state index is 12.1. The van der Waals surface area contributed by atoms with Gasteiger partial charge in [0.15, 0.2) is 4.45 Å². The van der Waals surface area contributed by atoms with Gasteiger partial charge < -0.3 is 15.2 Å². The highest BCUT2D eigenvalue weighted by Crippen LogP contribution is 2.12. The molecule has 3 unspecified atom stereocenters. The number of hydrogen-bond acceptors (Lipinski definition) is 6. The highest BCUT2D eigenvalue weighted by Gasteiger charge is 2.26. The van der Waals surface area contributed by atoms with Crippen molar-refractivity contribution in [2.24, 2.45) is 11.7 Å². The molecule has 0 amide bonds. The Bertz CT molecular complexity index is 559. The lowest BCUT2D eigenvalue weighted by molar-refractivity contribution is -0.155. The first-order valence-electron chi connectivity index (χ1n) is 6.97. The van der Waals surface area contributed by atoms with Gasteiger partial charge in [-0.25, -0.2) is 4.79 Å². The average molecular weight is 406 g/mol. The normalized spacial score (nSPS) is 16.0. The van der Waals surface area contributed by atoms with Gasteiger partial charge in [0.2, 0.25) is 0 Å². The SMILES string of the molecule is CC(CS(=O)c1ccccc1)C(=O)OCCOC(=O)C(C)(N)Br. The third-order valence-electron chi connectivity index (χ3n) is 2.77. The Morgan fingerprint density at radius 2 is 1.83 bits per heavy atom. The molecule has 0 fully saturated rings. The summed E-state index contributed by atoms with van der Waals surface area (Å²) in [6.07, 6.45) is 0. The molecule has 0 bridgehead atoms. The molecule has 2 N–H and O–H groups in total. The minimum Gasteiger partial charge on any atom is -0.462 e. The van der Waals surface area contributed by atoms with E-state index >= 15 is 0 Å². The average Bonchev–Trinajstić information content (AvgIpc) is 2.50. The van der Waals surface area contributed by atoms with Crippen LogP contribution in [-0.4, -0.2) is 39.6 Å². The quantitative estimate of drug-likeness (QED) is 0.305. The third kappa shape index (κ3) is 7.24.